The van der Waals surface area contributed by atoms with Gasteiger partial charge in [-0.25, -0.2) is 0 Å². The van der Waals surface area contributed by atoms with Crippen molar-refractivity contribution >= 4 is 0 Å². The Morgan fingerprint density at radius 2 is 1.88 bits per heavy atom. The summed E-state index contributed by atoms with van der Waals surface area (Å²) in [5, 5.41) is 12.4. The Balaban J connectivity index is 1.85. The quantitative estimate of drug-likeness (QED) is 0.829. The van der Waals surface area contributed by atoms with E-state index in [4.69, 9.17) is 0 Å². The molecule has 0 atom stereocenters. The van der Waals surface area contributed by atoms with Crippen molar-refractivity contribution < 1.29 is 13.9 Å². The van der Waals surface area contributed by atoms with E-state index >= 15 is 0 Å². The molecule has 0 unspecified atom stereocenters. The van der Waals surface area contributed by atoms with E-state index in [-0.39, 0.29) is 12.1 Å². The van der Waals surface area contributed by atoms with Crippen LogP contribution in [0.1, 0.15) is 24.8 Å². The summed E-state index contributed by atoms with van der Waals surface area (Å²) in [5.41, 5.74) is -0.750. The van der Waals surface area contributed by atoms with E-state index in [1.54, 1.807) is 18.2 Å². The number of aliphatic hydroxyl groups is 1. The highest BCUT2D eigenvalue weighted by Crippen LogP contribution is 2.31. The van der Waals surface area contributed by atoms with Gasteiger partial charge in [-0.1, -0.05) is 30.3 Å². The molecule has 0 aliphatic heterocycles. The number of benzene rings is 1. The molecule has 0 bridgehead atoms. The van der Waals surface area contributed by atoms with Crippen LogP contribution in [0.15, 0.2) is 30.3 Å². The van der Waals surface area contributed by atoms with Crippen molar-refractivity contribution in [2.24, 2.45) is 0 Å². The summed E-state index contributed by atoms with van der Waals surface area (Å²) in [6.45, 7) is -0.186. The lowest BCUT2D eigenvalue weighted by Crippen LogP contribution is -2.48. The summed E-state index contributed by atoms with van der Waals surface area (Å²) >= 11 is 0. The third-order valence-electron chi connectivity index (χ3n) is 3.28. The van der Waals surface area contributed by atoms with E-state index in [1.807, 2.05) is 0 Å². The topological polar surface area (TPSA) is 32.3 Å². The summed E-state index contributed by atoms with van der Waals surface area (Å²) in [4.78, 5) is 0. The molecule has 4 heteroatoms. The van der Waals surface area contributed by atoms with Crippen molar-refractivity contribution in [3.05, 3.63) is 35.9 Å². The van der Waals surface area contributed by atoms with Gasteiger partial charge in [-0.15, -0.1) is 0 Å². The van der Waals surface area contributed by atoms with Gasteiger partial charge in [-0.3, -0.25) is 0 Å². The minimum Gasteiger partial charge on any atom is -0.389 e. The number of hydrogen-bond acceptors (Lipinski definition) is 2. The molecule has 1 aliphatic rings. The van der Waals surface area contributed by atoms with Crippen molar-refractivity contribution in [2.45, 2.75) is 30.8 Å². The number of halogens is 2. The zero-order chi connectivity index (χ0) is 12.4. The zero-order valence-electron chi connectivity index (χ0n) is 9.63. The highest BCUT2D eigenvalue weighted by molar-refractivity contribution is 5.20. The lowest BCUT2D eigenvalue weighted by molar-refractivity contribution is -0.0452. The first-order chi connectivity index (χ1) is 8.02. The summed E-state index contributed by atoms with van der Waals surface area (Å²) in [5.74, 6) is -2.89. The normalized spacial score (nSPS) is 18.8. The first-order valence-corrected chi connectivity index (χ1v) is 5.88. The molecule has 2 nitrogen and oxygen atoms in total. The average Bonchev–Trinajstić information content (AvgIpc) is 2.28. The fraction of sp³-hybridized carbons (Fsp3) is 0.538. The predicted octanol–water partition coefficient (Wildman–Crippen LogP) is 2.28. The lowest BCUT2D eigenvalue weighted by atomic mass is 9.80. The maximum absolute atomic E-state index is 13.7. The molecule has 1 aliphatic carbocycles. The summed E-state index contributed by atoms with van der Waals surface area (Å²) in [6.07, 6.45) is 2.39. The first kappa shape index (κ1) is 12.5. The molecule has 0 heterocycles. The maximum atomic E-state index is 13.7. The number of hydrogen-bond donors (Lipinski definition) is 2. The van der Waals surface area contributed by atoms with Crippen molar-refractivity contribution in [1.29, 1.82) is 0 Å². The fourth-order valence-electron chi connectivity index (χ4n) is 2.00. The second-order valence-corrected chi connectivity index (χ2v) is 4.75. The molecule has 1 saturated carbocycles. The molecule has 0 amide bonds. The van der Waals surface area contributed by atoms with E-state index in [9.17, 15) is 13.9 Å². The molecule has 94 valence electrons. The number of rotatable bonds is 5. The SMILES string of the molecule is OC1(CNCC(F)(F)c2ccccc2)CCC1. The van der Waals surface area contributed by atoms with Gasteiger partial charge in [0.1, 0.15) is 0 Å². The highest BCUT2D eigenvalue weighted by atomic mass is 19.3. The first-order valence-electron chi connectivity index (χ1n) is 5.88. The molecule has 2 N–H and O–H groups in total. The summed E-state index contributed by atoms with van der Waals surface area (Å²) in [7, 11) is 0. The van der Waals surface area contributed by atoms with E-state index in [1.165, 1.54) is 12.1 Å². The van der Waals surface area contributed by atoms with Crippen molar-refractivity contribution in [3.63, 3.8) is 0 Å². The standard InChI is InChI=1S/C13H17F2NO/c14-13(15,11-5-2-1-3-6-11)10-16-9-12(17)7-4-8-12/h1-3,5-6,16-17H,4,7-10H2. The van der Waals surface area contributed by atoms with Gasteiger partial charge in [0.15, 0.2) is 0 Å². The monoisotopic (exact) mass is 241 g/mol. The molecule has 1 fully saturated rings. The van der Waals surface area contributed by atoms with Crippen molar-refractivity contribution in [3.8, 4) is 0 Å². The molecule has 0 saturated heterocycles. The van der Waals surface area contributed by atoms with Crippen LogP contribution >= 0.6 is 0 Å². The minimum absolute atomic E-state index is 0.00750. The smallest absolute Gasteiger partial charge is 0.285 e. The van der Waals surface area contributed by atoms with Crippen LogP contribution in [0.3, 0.4) is 0 Å². The Bertz CT molecular complexity index is 363. The Kier molecular flexibility index (Phi) is 3.45. The molecule has 1 aromatic carbocycles. The molecular formula is C13H17F2NO. The molecular weight excluding hydrogens is 224 g/mol. The second kappa shape index (κ2) is 4.70. The van der Waals surface area contributed by atoms with Gasteiger partial charge >= 0.3 is 0 Å². The molecule has 1 aromatic rings. The van der Waals surface area contributed by atoms with E-state index in [0.29, 0.717) is 12.8 Å². The zero-order valence-corrected chi connectivity index (χ0v) is 9.63. The van der Waals surface area contributed by atoms with E-state index < -0.39 is 18.1 Å². The third kappa shape index (κ3) is 3.01. The third-order valence-corrected chi connectivity index (χ3v) is 3.28. The number of nitrogens with one attached hydrogen (secondary N) is 1. The van der Waals surface area contributed by atoms with Crippen LogP contribution in [0.2, 0.25) is 0 Å². The Morgan fingerprint density at radius 3 is 2.41 bits per heavy atom. The molecule has 0 radical (unpaired) electrons. The van der Waals surface area contributed by atoms with Gasteiger partial charge in [0, 0.05) is 12.1 Å². The van der Waals surface area contributed by atoms with Crippen LogP contribution in [0, 0.1) is 0 Å². The van der Waals surface area contributed by atoms with Gasteiger partial charge < -0.3 is 10.4 Å². The van der Waals surface area contributed by atoms with Gasteiger partial charge in [0.2, 0.25) is 0 Å². The van der Waals surface area contributed by atoms with Crippen LogP contribution in [0.4, 0.5) is 8.78 Å². The Labute approximate surface area is 99.7 Å². The summed E-state index contributed by atoms with van der Waals surface area (Å²) < 4.78 is 27.4. The van der Waals surface area contributed by atoms with Crippen molar-refractivity contribution in [2.75, 3.05) is 13.1 Å². The van der Waals surface area contributed by atoms with Crippen LogP contribution < -0.4 is 5.32 Å². The van der Waals surface area contributed by atoms with Crippen molar-refractivity contribution in [1.82, 2.24) is 5.32 Å². The van der Waals surface area contributed by atoms with Crippen LogP contribution in [0.25, 0.3) is 0 Å². The predicted molar refractivity (Wildman–Crippen MR) is 62.0 cm³/mol. The Morgan fingerprint density at radius 1 is 1.24 bits per heavy atom. The average molecular weight is 241 g/mol. The molecule has 2 rings (SSSR count). The van der Waals surface area contributed by atoms with Gasteiger partial charge in [-0.05, 0) is 19.3 Å². The maximum Gasteiger partial charge on any atom is 0.285 e. The molecule has 0 aromatic heterocycles. The van der Waals surface area contributed by atoms with Crippen LogP contribution in [0.5, 0.6) is 0 Å². The van der Waals surface area contributed by atoms with E-state index in [2.05, 4.69) is 5.32 Å². The van der Waals surface area contributed by atoms with Gasteiger partial charge in [-0.2, -0.15) is 8.78 Å². The van der Waals surface area contributed by atoms with Gasteiger partial charge in [0.05, 0.1) is 12.1 Å². The minimum atomic E-state index is -2.89. The lowest BCUT2D eigenvalue weighted by Gasteiger charge is -2.37. The number of alkyl halides is 2. The van der Waals surface area contributed by atoms with Crippen LogP contribution in [-0.2, 0) is 5.92 Å². The van der Waals surface area contributed by atoms with Crippen LogP contribution in [-0.4, -0.2) is 23.8 Å². The molecule has 17 heavy (non-hydrogen) atoms. The van der Waals surface area contributed by atoms with E-state index in [0.717, 1.165) is 6.42 Å². The Hall–Kier alpha value is -1.00. The van der Waals surface area contributed by atoms with Gasteiger partial charge in [0.25, 0.3) is 5.92 Å². The molecule has 0 spiro atoms. The highest BCUT2D eigenvalue weighted by Gasteiger charge is 2.36. The second-order valence-electron chi connectivity index (χ2n) is 4.75. The fourth-order valence-corrected chi connectivity index (χ4v) is 2.00. The summed E-state index contributed by atoms with van der Waals surface area (Å²) in [6, 6.07) is 7.75. The largest absolute Gasteiger partial charge is 0.389 e.